The van der Waals surface area contributed by atoms with Crippen molar-refractivity contribution in [2.75, 3.05) is 0 Å². The van der Waals surface area contributed by atoms with E-state index in [9.17, 15) is 0 Å². The standard InChI is InChI=1S/C19H36/c1-2-18(19-15-7-4-8-16-19)14-10-9-13-17-11-5-3-6-12-17/h17-19H,2-16H2,1H3. The predicted octanol–water partition coefficient (Wildman–Crippen LogP) is 6.73. The van der Waals surface area contributed by atoms with E-state index in [1.807, 2.05) is 0 Å². The van der Waals surface area contributed by atoms with Gasteiger partial charge in [-0.3, -0.25) is 0 Å². The Kier molecular flexibility index (Phi) is 7.32. The fourth-order valence-corrected chi connectivity index (χ4v) is 4.69. The fraction of sp³-hybridized carbons (Fsp3) is 1.00. The summed E-state index contributed by atoms with van der Waals surface area (Å²) in [6.45, 7) is 2.43. The minimum absolute atomic E-state index is 1.06. The van der Waals surface area contributed by atoms with Crippen molar-refractivity contribution >= 4 is 0 Å². The van der Waals surface area contributed by atoms with Crippen molar-refractivity contribution < 1.29 is 0 Å². The molecular weight excluding hydrogens is 228 g/mol. The molecule has 0 radical (unpaired) electrons. The van der Waals surface area contributed by atoms with Gasteiger partial charge in [0.05, 0.1) is 0 Å². The third-order valence-corrected chi connectivity index (χ3v) is 6.00. The van der Waals surface area contributed by atoms with Crippen molar-refractivity contribution in [3.63, 3.8) is 0 Å². The van der Waals surface area contributed by atoms with Gasteiger partial charge < -0.3 is 0 Å². The first-order chi connectivity index (χ1) is 9.40. The van der Waals surface area contributed by atoms with Crippen molar-refractivity contribution in [1.82, 2.24) is 0 Å². The Hall–Kier alpha value is 0. The molecule has 0 saturated heterocycles. The number of unbranched alkanes of at least 4 members (excludes halogenated alkanes) is 1. The predicted molar refractivity (Wildman–Crippen MR) is 85.4 cm³/mol. The zero-order chi connectivity index (χ0) is 13.3. The highest BCUT2D eigenvalue weighted by molar-refractivity contribution is 4.74. The molecule has 0 N–H and O–H groups in total. The van der Waals surface area contributed by atoms with Gasteiger partial charge in [-0.25, -0.2) is 0 Å². The van der Waals surface area contributed by atoms with Gasteiger partial charge in [-0.1, -0.05) is 103 Å². The van der Waals surface area contributed by atoms with E-state index in [4.69, 9.17) is 0 Å². The molecule has 1 atom stereocenters. The molecule has 2 fully saturated rings. The van der Waals surface area contributed by atoms with Gasteiger partial charge in [0.1, 0.15) is 0 Å². The molecule has 0 aromatic rings. The highest BCUT2D eigenvalue weighted by Gasteiger charge is 2.22. The van der Waals surface area contributed by atoms with Crippen LogP contribution in [0.3, 0.4) is 0 Å². The third kappa shape index (κ3) is 5.48. The first-order valence-corrected chi connectivity index (χ1v) is 9.40. The molecule has 0 aromatic heterocycles. The maximum absolute atomic E-state index is 2.43. The highest BCUT2D eigenvalue weighted by atomic mass is 14.3. The first-order valence-electron chi connectivity index (χ1n) is 9.40. The summed E-state index contributed by atoms with van der Waals surface area (Å²) < 4.78 is 0. The van der Waals surface area contributed by atoms with Gasteiger partial charge >= 0.3 is 0 Å². The summed E-state index contributed by atoms with van der Waals surface area (Å²) in [5.41, 5.74) is 0. The molecule has 2 aliphatic rings. The smallest absolute Gasteiger partial charge is 0.0386 e. The van der Waals surface area contributed by atoms with Gasteiger partial charge in [-0.05, 0) is 17.8 Å². The van der Waals surface area contributed by atoms with Gasteiger partial charge in [0.2, 0.25) is 0 Å². The molecule has 0 heteroatoms. The normalized spacial score (nSPS) is 24.5. The molecule has 0 spiro atoms. The maximum atomic E-state index is 2.43. The lowest BCUT2D eigenvalue weighted by molar-refractivity contribution is 0.222. The second-order valence-electron chi connectivity index (χ2n) is 7.35. The lowest BCUT2D eigenvalue weighted by Gasteiger charge is -2.30. The van der Waals surface area contributed by atoms with Crippen LogP contribution in [-0.2, 0) is 0 Å². The van der Waals surface area contributed by atoms with Crippen LogP contribution in [0.15, 0.2) is 0 Å². The van der Waals surface area contributed by atoms with Gasteiger partial charge in [0.15, 0.2) is 0 Å². The second-order valence-corrected chi connectivity index (χ2v) is 7.35. The van der Waals surface area contributed by atoms with E-state index < -0.39 is 0 Å². The molecule has 0 heterocycles. The first kappa shape index (κ1) is 15.4. The largest absolute Gasteiger partial charge is 0.0651 e. The van der Waals surface area contributed by atoms with Crippen LogP contribution in [0.5, 0.6) is 0 Å². The lowest BCUT2D eigenvalue weighted by Crippen LogP contribution is -2.17. The molecule has 0 nitrogen and oxygen atoms in total. The molecule has 2 aliphatic carbocycles. The Balaban J connectivity index is 1.57. The Labute approximate surface area is 121 Å². The highest BCUT2D eigenvalue weighted by Crippen LogP contribution is 2.35. The van der Waals surface area contributed by atoms with E-state index in [-0.39, 0.29) is 0 Å². The molecule has 2 saturated carbocycles. The van der Waals surface area contributed by atoms with Crippen LogP contribution >= 0.6 is 0 Å². The van der Waals surface area contributed by atoms with E-state index in [0.29, 0.717) is 0 Å². The minimum atomic E-state index is 1.06. The zero-order valence-electron chi connectivity index (χ0n) is 13.3. The molecule has 0 aromatic carbocycles. The maximum Gasteiger partial charge on any atom is -0.0386 e. The van der Waals surface area contributed by atoms with Crippen molar-refractivity contribution in [2.24, 2.45) is 17.8 Å². The van der Waals surface area contributed by atoms with Crippen molar-refractivity contribution in [1.29, 1.82) is 0 Å². The lowest BCUT2D eigenvalue weighted by atomic mass is 9.76. The van der Waals surface area contributed by atoms with Crippen LogP contribution in [0, 0.1) is 17.8 Å². The average Bonchev–Trinajstić information content (AvgIpc) is 2.49. The topological polar surface area (TPSA) is 0 Å². The van der Waals surface area contributed by atoms with Crippen LogP contribution < -0.4 is 0 Å². The van der Waals surface area contributed by atoms with Crippen molar-refractivity contribution in [2.45, 2.75) is 103 Å². The minimum Gasteiger partial charge on any atom is -0.0651 e. The summed E-state index contributed by atoms with van der Waals surface area (Å²) in [6, 6.07) is 0. The van der Waals surface area contributed by atoms with E-state index in [1.165, 1.54) is 64.2 Å². The van der Waals surface area contributed by atoms with Gasteiger partial charge in [0.25, 0.3) is 0 Å². The zero-order valence-corrected chi connectivity index (χ0v) is 13.3. The van der Waals surface area contributed by atoms with Crippen molar-refractivity contribution in [3.05, 3.63) is 0 Å². The van der Waals surface area contributed by atoms with Crippen LogP contribution in [0.2, 0.25) is 0 Å². The Morgan fingerprint density at radius 3 is 2.05 bits per heavy atom. The third-order valence-electron chi connectivity index (χ3n) is 6.00. The summed E-state index contributed by atoms with van der Waals surface area (Å²) >= 11 is 0. The van der Waals surface area contributed by atoms with E-state index in [2.05, 4.69) is 6.92 Å². The average molecular weight is 264 g/mol. The van der Waals surface area contributed by atoms with Crippen LogP contribution in [-0.4, -0.2) is 0 Å². The SMILES string of the molecule is CCC(CCCCC1CCCCC1)C1CCCCC1. The summed E-state index contributed by atoms with van der Waals surface area (Å²) in [6.07, 6.45) is 22.8. The number of rotatable bonds is 7. The molecule has 1 unspecified atom stereocenters. The van der Waals surface area contributed by atoms with E-state index >= 15 is 0 Å². The molecular formula is C19H36. The number of hydrogen-bond donors (Lipinski definition) is 0. The molecule has 19 heavy (non-hydrogen) atoms. The Morgan fingerprint density at radius 2 is 1.42 bits per heavy atom. The number of hydrogen-bond acceptors (Lipinski definition) is 0. The van der Waals surface area contributed by atoms with Crippen LogP contribution in [0.25, 0.3) is 0 Å². The Bertz CT molecular complexity index is 208. The van der Waals surface area contributed by atoms with Gasteiger partial charge in [-0.15, -0.1) is 0 Å². The second kappa shape index (κ2) is 9.03. The summed E-state index contributed by atoms with van der Waals surface area (Å²) in [7, 11) is 0. The summed E-state index contributed by atoms with van der Waals surface area (Å²) in [5.74, 6) is 3.25. The molecule has 0 bridgehead atoms. The van der Waals surface area contributed by atoms with Gasteiger partial charge in [-0.2, -0.15) is 0 Å². The van der Waals surface area contributed by atoms with Crippen LogP contribution in [0.1, 0.15) is 103 Å². The quantitative estimate of drug-likeness (QED) is 0.447. The van der Waals surface area contributed by atoms with E-state index in [0.717, 1.165) is 17.8 Å². The van der Waals surface area contributed by atoms with Crippen LogP contribution in [0.4, 0.5) is 0 Å². The van der Waals surface area contributed by atoms with Gasteiger partial charge in [0, 0.05) is 0 Å². The summed E-state index contributed by atoms with van der Waals surface area (Å²) in [5, 5.41) is 0. The molecule has 0 aliphatic heterocycles. The monoisotopic (exact) mass is 264 g/mol. The van der Waals surface area contributed by atoms with E-state index in [1.54, 1.807) is 32.1 Å². The molecule has 2 rings (SSSR count). The van der Waals surface area contributed by atoms with Crippen molar-refractivity contribution in [3.8, 4) is 0 Å². The molecule has 0 amide bonds. The Morgan fingerprint density at radius 1 is 0.789 bits per heavy atom. The summed E-state index contributed by atoms with van der Waals surface area (Å²) in [4.78, 5) is 0. The molecule has 112 valence electrons. The fourth-order valence-electron chi connectivity index (χ4n) is 4.69.